The fraction of sp³-hybridized carbons (Fsp3) is 0.167. The average Bonchev–Trinajstić information content (AvgIpc) is 2.98. The molecule has 24 heavy (non-hydrogen) atoms. The van der Waals surface area contributed by atoms with E-state index in [2.05, 4.69) is 34.2 Å². The second-order valence-electron chi connectivity index (χ2n) is 5.14. The van der Waals surface area contributed by atoms with E-state index in [4.69, 9.17) is 0 Å². The van der Waals surface area contributed by atoms with Gasteiger partial charge in [-0.1, -0.05) is 36.0 Å². The van der Waals surface area contributed by atoms with E-state index in [1.807, 2.05) is 18.2 Å². The minimum atomic E-state index is -0.104. The van der Waals surface area contributed by atoms with Gasteiger partial charge in [-0.25, -0.2) is 9.97 Å². The van der Waals surface area contributed by atoms with Gasteiger partial charge in [0.15, 0.2) is 5.16 Å². The molecule has 3 rings (SSSR count). The smallest absolute Gasteiger partial charge is 0.255 e. The number of benzene rings is 1. The number of thiazole rings is 1. The van der Waals surface area contributed by atoms with Crippen LogP contribution in [0.25, 0.3) is 10.2 Å². The number of aromatic nitrogens is 3. The van der Waals surface area contributed by atoms with E-state index >= 15 is 0 Å². The van der Waals surface area contributed by atoms with Crippen LogP contribution in [0.1, 0.15) is 16.3 Å². The highest BCUT2D eigenvalue weighted by molar-refractivity contribution is 7.99. The van der Waals surface area contributed by atoms with Gasteiger partial charge in [-0.05, 0) is 18.6 Å². The van der Waals surface area contributed by atoms with Gasteiger partial charge in [0.1, 0.15) is 0 Å². The Labute approximate surface area is 148 Å². The average molecular weight is 355 g/mol. The number of allylic oxidation sites excluding steroid dienone is 1. The number of rotatable bonds is 7. The maximum absolute atomic E-state index is 12.4. The van der Waals surface area contributed by atoms with Crippen molar-refractivity contribution in [3.63, 3.8) is 0 Å². The van der Waals surface area contributed by atoms with Crippen molar-refractivity contribution in [2.45, 2.75) is 18.0 Å². The van der Waals surface area contributed by atoms with E-state index < -0.39 is 0 Å². The lowest BCUT2D eigenvalue weighted by Gasteiger charge is -2.07. The minimum absolute atomic E-state index is 0.104. The van der Waals surface area contributed by atoms with Crippen molar-refractivity contribution in [2.75, 3.05) is 5.75 Å². The third kappa shape index (κ3) is 3.66. The number of hydrogen-bond donors (Lipinski definition) is 1. The van der Waals surface area contributed by atoms with E-state index in [9.17, 15) is 4.79 Å². The van der Waals surface area contributed by atoms with Crippen LogP contribution in [-0.4, -0.2) is 20.7 Å². The Hall–Kier alpha value is -2.18. The normalized spacial score (nSPS) is 10.8. The predicted octanol–water partition coefficient (Wildman–Crippen LogP) is 3.98. The second kappa shape index (κ2) is 7.59. The number of H-pyrrole nitrogens is 1. The summed E-state index contributed by atoms with van der Waals surface area (Å²) in [6.45, 7) is 7.44. The summed E-state index contributed by atoms with van der Waals surface area (Å²) in [6.07, 6.45) is 4.56. The number of thioether (sulfide) groups is 1. The number of nitrogens with one attached hydrogen (secondary N) is 1. The Kier molecular flexibility index (Phi) is 5.27. The van der Waals surface area contributed by atoms with E-state index in [0.29, 0.717) is 29.3 Å². The molecule has 1 N–H and O–H groups in total. The minimum Gasteiger partial charge on any atom is -0.301 e. The molecule has 0 aliphatic carbocycles. The molecular weight excluding hydrogens is 338 g/mol. The van der Waals surface area contributed by atoms with Crippen LogP contribution in [0, 0.1) is 0 Å². The maximum atomic E-state index is 12.4. The molecule has 0 aliphatic heterocycles. The second-order valence-corrected chi connectivity index (χ2v) is 7.26. The molecule has 1 aromatic carbocycles. The van der Waals surface area contributed by atoms with Gasteiger partial charge >= 0.3 is 0 Å². The maximum Gasteiger partial charge on any atom is 0.255 e. The topological polar surface area (TPSA) is 58.6 Å². The molecule has 4 nitrogen and oxygen atoms in total. The molecule has 0 bridgehead atoms. The van der Waals surface area contributed by atoms with Crippen LogP contribution in [0.3, 0.4) is 0 Å². The molecule has 0 fully saturated rings. The van der Waals surface area contributed by atoms with Crippen molar-refractivity contribution in [2.24, 2.45) is 0 Å². The third-order valence-corrected chi connectivity index (χ3v) is 5.33. The SMILES string of the molecule is C=CCSc1nc(Cc2nc3ccccc3s2)c(CC=C)c(=O)[nH]1. The summed E-state index contributed by atoms with van der Waals surface area (Å²) in [5.74, 6) is 0.699. The summed E-state index contributed by atoms with van der Waals surface area (Å²) < 4.78 is 1.14. The summed E-state index contributed by atoms with van der Waals surface area (Å²) in [6, 6.07) is 8.03. The highest BCUT2D eigenvalue weighted by atomic mass is 32.2. The van der Waals surface area contributed by atoms with Gasteiger partial charge in [-0.3, -0.25) is 4.79 Å². The summed E-state index contributed by atoms with van der Waals surface area (Å²) in [5.41, 5.74) is 2.30. The van der Waals surface area contributed by atoms with Gasteiger partial charge in [-0.15, -0.1) is 24.5 Å². The Balaban J connectivity index is 1.99. The molecule has 6 heteroatoms. The van der Waals surface area contributed by atoms with Gasteiger partial charge < -0.3 is 4.98 Å². The number of fused-ring (bicyclic) bond motifs is 1. The van der Waals surface area contributed by atoms with Crippen molar-refractivity contribution in [1.29, 1.82) is 0 Å². The van der Waals surface area contributed by atoms with Gasteiger partial charge in [0.2, 0.25) is 0 Å². The van der Waals surface area contributed by atoms with Crippen LogP contribution in [0.4, 0.5) is 0 Å². The molecule has 0 radical (unpaired) electrons. The quantitative estimate of drug-likeness (QED) is 0.396. The molecule has 3 aromatic rings. The van der Waals surface area contributed by atoms with Crippen LogP contribution in [0.15, 0.2) is 59.5 Å². The van der Waals surface area contributed by atoms with Crippen molar-refractivity contribution in [1.82, 2.24) is 15.0 Å². The van der Waals surface area contributed by atoms with E-state index in [1.165, 1.54) is 11.8 Å². The van der Waals surface area contributed by atoms with Gasteiger partial charge in [0, 0.05) is 17.7 Å². The van der Waals surface area contributed by atoms with E-state index in [0.717, 1.165) is 20.9 Å². The largest absolute Gasteiger partial charge is 0.301 e. The molecular formula is C18H17N3OS2. The number of para-hydroxylation sites is 1. The first-order valence-corrected chi connectivity index (χ1v) is 9.32. The number of hydrogen-bond acceptors (Lipinski definition) is 5. The highest BCUT2D eigenvalue weighted by Crippen LogP contribution is 2.24. The molecule has 0 spiro atoms. The van der Waals surface area contributed by atoms with Crippen LogP contribution in [0.5, 0.6) is 0 Å². The third-order valence-electron chi connectivity index (χ3n) is 3.42. The van der Waals surface area contributed by atoms with Crippen molar-refractivity contribution in [3.05, 3.63) is 76.2 Å². The fourth-order valence-electron chi connectivity index (χ4n) is 2.37. The monoisotopic (exact) mass is 355 g/mol. The molecule has 0 amide bonds. The Morgan fingerprint density at radius 3 is 2.79 bits per heavy atom. The molecule has 0 saturated heterocycles. The Morgan fingerprint density at radius 2 is 2.04 bits per heavy atom. The van der Waals surface area contributed by atoms with Crippen LogP contribution >= 0.6 is 23.1 Å². The first-order valence-electron chi connectivity index (χ1n) is 7.52. The van der Waals surface area contributed by atoms with Crippen molar-refractivity contribution >= 4 is 33.3 Å². The molecule has 0 unspecified atom stereocenters. The lowest BCUT2D eigenvalue weighted by molar-refractivity contribution is 0.845. The molecule has 0 aliphatic rings. The zero-order chi connectivity index (χ0) is 16.9. The fourth-order valence-corrected chi connectivity index (χ4v) is 3.95. The molecule has 0 saturated carbocycles. The molecule has 2 aromatic heterocycles. The summed E-state index contributed by atoms with van der Waals surface area (Å²) in [5, 5.41) is 1.57. The van der Waals surface area contributed by atoms with Crippen LogP contribution in [-0.2, 0) is 12.8 Å². The first-order chi connectivity index (χ1) is 11.7. The highest BCUT2D eigenvalue weighted by Gasteiger charge is 2.13. The zero-order valence-electron chi connectivity index (χ0n) is 13.1. The van der Waals surface area contributed by atoms with Crippen molar-refractivity contribution in [3.8, 4) is 0 Å². The summed E-state index contributed by atoms with van der Waals surface area (Å²) in [7, 11) is 0. The van der Waals surface area contributed by atoms with E-state index in [-0.39, 0.29) is 5.56 Å². The first kappa shape index (κ1) is 16.7. The summed E-state index contributed by atoms with van der Waals surface area (Å²) >= 11 is 3.10. The lowest BCUT2D eigenvalue weighted by Crippen LogP contribution is -2.18. The van der Waals surface area contributed by atoms with Crippen LogP contribution in [0.2, 0.25) is 0 Å². The molecule has 122 valence electrons. The summed E-state index contributed by atoms with van der Waals surface area (Å²) in [4.78, 5) is 24.5. The number of nitrogens with zero attached hydrogens (tertiary/aromatic N) is 2. The van der Waals surface area contributed by atoms with Crippen LogP contribution < -0.4 is 5.56 Å². The Bertz CT molecular complexity index is 910. The Morgan fingerprint density at radius 1 is 1.21 bits per heavy atom. The molecule has 0 atom stereocenters. The van der Waals surface area contributed by atoms with Gasteiger partial charge in [-0.2, -0.15) is 0 Å². The molecule has 2 heterocycles. The zero-order valence-corrected chi connectivity index (χ0v) is 14.8. The van der Waals surface area contributed by atoms with Gasteiger partial charge in [0.05, 0.1) is 20.9 Å². The lowest BCUT2D eigenvalue weighted by atomic mass is 10.1. The van der Waals surface area contributed by atoms with Gasteiger partial charge in [0.25, 0.3) is 5.56 Å². The van der Waals surface area contributed by atoms with Crippen molar-refractivity contribution < 1.29 is 0 Å². The van der Waals surface area contributed by atoms with E-state index in [1.54, 1.807) is 23.5 Å². The standard InChI is InChI=1S/C18H17N3OS2/c1-3-7-12-14(20-18(21-17(12)22)23-10-4-2)11-16-19-13-8-5-6-9-15(13)24-16/h3-6,8-9H,1-2,7,10-11H2,(H,20,21,22). The number of aromatic amines is 1. The predicted molar refractivity (Wildman–Crippen MR) is 102 cm³/mol.